The molecule has 2 aliphatic heterocycles. The molecular formula is C19H23ClN4O2. The van der Waals surface area contributed by atoms with Gasteiger partial charge in [-0.3, -0.25) is 4.79 Å². The average molecular weight is 375 g/mol. The zero-order valence-corrected chi connectivity index (χ0v) is 15.5. The number of ether oxygens (including phenoxy) is 1. The summed E-state index contributed by atoms with van der Waals surface area (Å²) in [7, 11) is 2.20. The van der Waals surface area contributed by atoms with Gasteiger partial charge in [0.05, 0.1) is 5.02 Å². The number of hydrogen-bond acceptors (Lipinski definition) is 4. The highest BCUT2D eigenvalue weighted by molar-refractivity contribution is 6.32. The number of aromatic nitrogens is 2. The Hall–Kier alpha value is -2.05. The smallest absolute Gasteiger partial charge is 0.269 e. The van der Waals surface area contributed by atoms with Gasteiger partial charge in [0.2, 0.25) is 0 Å². The highest BCUT2D eigenvalue weighted by Gasteiger charge is 2.39. The minimum absolute atomic E-state index is 0.0980. The quantitative estimate of drug-likeness (QED) is 0.874. The third-order valence-corrected chi connectivity index (χ3v) is 5.87. The molecule has 2 unspecified atom stereocenters. The predicted octanol–water partition coefficient (Wildman–Crippen LogP) is 2.93. The molecule has 1 amide bonds. The molecule has 0 aliphatic carbocycles. The summed E-state index contributed by atoms with van der Waals surface area (Å²) >= 11 is 6.10. The molecule has 2 saturated heterocycles. The van der Waals surface area contributed by atoms with Crippen LogP contribution < -0.4 is 10.1 Å². The molecule has 7 heteroatoms. The van der Waals surface area contributed by atoms with E-state index in [4.69, 9.17) is 16.3 Å². The Kier molecular flexibility index (Phi) is 4.87. The second-order valence-corrected chi connectivity index (χ2v) is 7.52. The van der Waals surface area contributed by atoms with Gasteiger partial charge < -0.3 is 15.0 Å². The number of amides is 1. The second-order valence-electron chi connectivity index (χ2n) is 7.11. The lowest BCUT2D eigenvalue weighted by atomic mass is 9.98. The molecule has 1 N–H and O–H groups in total. The van der Waals surface area contributed by atoms with Crippen molar-refractivity contribution >= 4 is 17.5 Å². The van der Waals surface area contributed by atoms with E-state index in [-0.39, 0.29) is 18.7 Å². The number of carbonyl (C=O) groups is 1. The SMILES string of the molecule is CN1C2CCC1CC(NC(=O)c1ccnn1COc1ccccc1Cl)C2. The summed E-state index contributed by atoms with van der Waals surface area (Å²) in [5.74, 6) is 0.474. The molecule has 2 fully saturated rings. The predicted molar refractivity (Wildman–Crippen MR) is 99.4 cm³/mol. The Morgan fingerprint density at radius 2 is 2.00 bits per heavy atom. The van der Waals surface area contributed by atoms with Gasteiger partial charge in [0, 0.05) is 24.3 Å². The van der Waals surface area contributed by atoms with Crippen LogP contribution >= 0.6 is 11.6 Å². The number of fused-ring (bicyclic) bond motifs is 2. The monoisotopic (exact) mass is 374 g/mol. The Morgan fingerprint density at radius 3 is 2.73 bits per heavy atom. The standard InChI is InChI=1S/C19H23ClN4O2/c1-23-14-6-7-15(23)11-13(10-14)22-19(25)17-8-9-21-24(17)12-26-18-5-3-2-4-16(18)20/h2-5,8-9,13-15H,6-7,10-12H2,1H3,(H,22,25). The molecule has 0 saturated carbocycles. The van der Waals surface area contributed by atoms with Gasteiger partial charge >= 0.3 is 0 Å². The molecule has 2 aliphatic rings. The van der Waals surface area contributed by atoms with Crippen molar-refractivity contribution in [3.8, 4) is 5.75 Å². The number of benzene rings is 1. The van der Waals surface area contributed by atoms with Crippen LogP contribution in [0.15, 0.2) is 36.5 Å². The molecule has 4 rings (SSSR count). The van der Waals surface area contributed by atoms with Crippen molar-refractivity contribution in [1.29, 1.82) is 0 Å². The highest BCUT2D eigenvalue weighted by Crippen LogP contribution is 2.34. The van der Waals surface area contributed by atoms with E-state index >= 15 is 0 Å². The van der Waals surface area contributed by atoms with Gasteiger partial charge in [-0.2, -0.15) is 5.10 Å². The van der Waals surface area contributed by atoms with E-state index in [1.54, 1.807) is 29.1 Å². The lowest BCUT2D eigenvalue weighted by molar-refractivity contribution is 0.0862. The molecule has 1 aromatic carbocycles. The van der Waals surface area contributed by atoms with Crippen LogP contribution in [0.4, 0.5) is 0 Å². The van der Waals surface area contributed by atoms with E-state index in [0.717, 1.165) is 12.8 Å². The Morgan fingerprint density at radius 1 is 1.27 bits per heavy atom. The number of carbonyl (C=O) groups excluding carboxylic acids is 1. The van der Waals surface area contributed by atoms with Crippen molar-refractivity contribution in [1.82, 2.24) is 20.0 Å². The van der Waals surface area contributed by atoms with Crippen molar-refractivity contribution < 1.29 is 9.53 Å². The number of rotatable bonds is 5. The number of hydrogen-bond donors (Lipinski definition) is 1. The lowest BCUT2D eigenvalue weighted by Gasteiger charge is -2.36. The molecule has 26 heavy (non-hydrogen) atoms. The Labute approximate surface area is 158 Å². The van der Waals surface area contributed by atoms with Crippen molar-refractivity contribution in [2.45, 2.75) is 50.5 Å². The molecule has 1 aromatic heterocycles. The van der Waals surface area contributed by atoms with Gasteiger partial charge in [0.25, 0.3) is 5.91 Å². The molecule has 0 spiro atoms. The lowest BCUT2D eigenvalue weighted by Crippen LogP contribution is -2.49. The summed E-state index contributed by atoms with van der Waals surface area (Å²) in [6.45, 7) is 0.137. The average Bonchev–Trinajstić information content (AvgIpc) is 3.16. The first-order chi connectivity index (χ1) is 12.6. The molecular weight excluding hydrogens is 352 g/mol. The highest BCUT2D eigenvalue weighted by atomic mass is 35.5. The van der Waals surface area contributed by atoms with Crippen LogP contribution in [0, 0.1) is 0 Å². The van der Waals surface area contributed by atoms with Gasteiger partial charge in [0.1, 0.15) is 11.4 Å². The van der Waals surface area contributed by atoms with Crippen molar-refractivity contribution in [3.63, 3.8) is 0 Å². The number of para-hydroxylation sites is 1. The van der Waals surface area contributed by atoms with Crippen molar-refractivity contribution in [2.24, 2.45) is 0 Å². The van der Waals surface area contributed by atoms with Gasteiger partial charge in [-0.05, 0) is 50.9 Å². The largest absolute Gasteiger partial charge is 0.470 e. The third kappa shape index (κ3) is 3.44. The van der Waals surface area contributed by atoms with Crippen molar-refractivity contribution in [2.75, 3.05) is 7.05 Å². The van der Waals surface area contributed by atoms with E-state index in [9.17, 15) is 4.79 Å². The summed E-state index contributed by atoms with van der Waals surface area (Å²) in [5, 5.41) is 7.93. The first-order valence-corrected chi connectivity index (χ1v) is 9.41. The van der Waals surface area contributed by atoms with E-state index in [0.29, 0.717) is 28.5 Å². The van der Waals surface area contributed by atoms with E-state index in [1.807, 2.05) is 12.1 Å². The van der Waals surface area contributed by atoms with Crippen LogP contribution in [0.5, 0.6) is 5.75 Å². The second kappa shape index (κ2) is 7.29. The van der Waals surface area contributed by atoms with Gasteiger partial charge in [-0.1, -0.05) is 23.7 Å². The summed E-state index contributed by atoms with van der Waals surface area (Å²) in [5.41, 5.74) is 0.503. The van der Waals surface area contributed by atoms with E-state index in [2.05, 4.69) is 22.4 Å². The number of nitrogens with zero attached hydrogens (tertiary/aromatic N) is 3. The van der Waals surface area contributed by atoms with E-state index < -0.39 is 0 Å². The maximum absolute atomic E-state index is 12.7. The zero-order chi connectivity index (χ0) is 18.1. The van der Waals surface area contributed by atoms with Crippen LogP contribution in [0.3, 0.4) is 0 Å². The molecule has 138 valence electrons. The number of halogens is 1. The fraction of sp³-hybridized carbons (Fsp3) is 0.474. The molecule has 2 aromatic rings. The molecule has 6 nitrogen and oxygen atoms in total. The summed E-state index contributed by atoms with van der Waals surface area (Å²) in [4.78, 5) is 15.2. The summed E-state index contributed by atoms with van der Waals surface area (Å²) in [6.07, 6.45) is 6.11. The first-order valence-electron chi connectivity index (χ1n) is 9.04. The minimum Gasteiger partial charge on any atom is -0.470 e. The fourth-order valence-electron chi connectivity index (χ4n) is 4.11. The van der Waals surface area contributed by atoms with Crippen LogP contribution in [-0.2, 0) is 6.73 Å². The topological polar surface area (TPSA) is 59.4 Å². The molecule has 2 atom stereocenters. The Bertz CT molecular complexity index is 779. The number of nitrogens with one attached hydrogen (secondary N) is 1. The molecule has 3 heterocycles. The normalized spacial score (nSPS) is 25.2. The van der Waals surface area contributed by atoms with Crippen LogP contribution in [0.1, 0.15) is 36.2 Å². The minimum atomic E-state index is -0.0980. The van der Waals surface area contributed by atoms with Gasteiger partial charge in [0.15, 0.2) is 6.73 Å². The van der Waals surface area contributed by atoms with Crippen LogP contribution in [0.25, 0.3) is 0 Å². The summed E-state index contributed by atoms with van der Waals surface area (Å²) in [6, 6.07) is 10.4. The zero-order valence-electron chi connectivity index (χ0n) is 14.8. The van der Waals surface area contributed by atoms with Gasteiger partial charge in [-0.15, -0.1) is 0 Å². The third-order valence-electron chi connectivity index (χ3n) is 5.56. The first kappa shape index (κ1) is 17.4. The maximum atomic E-state index is 12.7. The van der Waals surface area contributed by atoms with Crippen LogP contribution in [-0.4, -0.2) is 45.8 Å². The van der Waals surface area contributed by atoms with E-state index in [1.165, 1.54) is 12.8 Å². The van der Waals surface area contributed by atoms with Crippen LogP contribution in [0.2, 0.25) is 5.02 Å². The van der Waals surface area contributed by atoms with Crippen molar-refractivity contribution in [3.05, 3.63) is 47.2 Å². The number of piperidine rings is 1. The van der Waals surface area contributed by atoms with Gasteiger partial charge in [-0.25, -0.2) is 4.68 Å². The molecule has 2 bridgehead atoms. The fourth-order valence-corrected chi connectivity index (χ4v) is 4.30. The Balaban J connectivity index is 1.39. The summed E-state index contributed by atoms with van der Waals surface area (Å²) < 4.78 is 7.26. The molecule has 0 radical (unpaired) electrons. The maximum Gasteiger partial charge on any atom is 0.269 e.